The molecular weight excluding hydrogens is 224 g/mol. The van der Waals surface area contributed by atoms with Crippen LogP contribution in [0.5, 0.6) is 0 Å². The van der Waals surface area contributed by atoms with Gasteiger partial charge in [0.05, 0.1) is 22.5 Å². The minimum atomic E-state index is -0.776. The van der Waals surface area contributed by atoms with Gasteiger partial charge in [-0.25, -0.2) is 0 Å². The van der Waals surface area contributed by atoms with Crippen LogP contribution in [-0.2, 0) is 4.79 Å². The molecule has 5 heteroatoms. The Morgan fingerprint density at radius 1 is 1.62 bits per heavy atom. The van der Waals surface area contributed by atoms with Gasteiger partial charge in [-0.1, -0.05) is 24.6 Å². The van der Waals surface area contributed by atoms with Crippen LogP contribution in [0.2, 0.25) is 0 Å². The van der Waals surface area contributed by atoms with Crippen LogP contribution in [0.4, 0.5) is 0 Å². The van der Waals surface area contributed by atoms with Crippen LogP contribution in [0.1, 0.15) is 37.4 Å². The van der Waals surface area contributed by atoms with E-state index in [0.29, 0.717) is 6.04 Å². The third kappa shape index (κ3) is 2.58. The number of carboxylic acid groups (broad SMARTS) is 1. The molecule has 0 aromatic carbocycles. The Balaban J connectivity index is 2.12. The van der Waals surface area contributed by atoms with Gasteiger partial charge in [0.2, 0.25) is 0 Å². The molecule has 0 spiro atoms. The second kappa shape index (κ2) is 4.91. The maximum Gasteiger partial charge on any atom is 0.313 e. The molecule has 0 amide bonds. The average molecular weight is 240 g/mol. The molecule has 0 atom stereocenters. The first-order chi connectivity index (χ1) is 7.66. The summed E-state index contributed by atoms with van der Waals surface area (Å²) in [5.74, 6) is -0.667. The Kier molecular flexibility index (Phi) is 3.53. The van der Waals surface area contributed by atoms with Crippen molar-refractivity contribution in [3.8, 4) is 0 Å². The van der Waals surface area contributed by atoms with Crippen molar-refractivity contribution in [1.29, 1.82) is 0 Å². The monoisotopic (exact) mass is 240 g/mol. The zero-order valence-corrected chi connectivity index (χ0v) is 10.2. The van der Waals surface area contributed by atoms with E-state index in [1.807, 2.05) is 17.7 Å². The summed E-state index contributed by atoms with van der Waals surface area (Å²) in [4.78, 5) is 10.6. The summed E-state index contributed by atoms with van der Waals surface area (Å²) in [6.07, 6.45) is 4.85. The van der Waals surface area contributed by atoms with E-state index in [9.17, 15) is 4.79 Å². The molecule has 0 radical (unpaired) electrons. The van der Waals surface area contributed by atoms with Crippen molar-refractivity contribution in [3.63, 3.8) is 0 Å². The molecule has 1 fully saturated rings. The lowest BCUT2D eigenvalue weighted by Crippen LogP contribution is -2.09. The second-order valence-electron chi connectivity index (χ2n) is 4.19. The molecule has 16 heavy (non-hydrogen) atoms. The van der Waals surface area contributed by atoms with Gasteiger partial charge in [0.15, 0.2) is 0 Å². The number of hydrogen-bond donors (Lipinski definition) is 1. The molecule has 4 nitrogen and oxygen atoms in total. The van der Waals surface area contributed by atoms with Crippen molar-refractivity contribution in [2.75, 3.05) is 5.75 Å². The van der Waals surface area contributed by atoms with Crippen molar-refractivity contribution >= 4 is 17.7 Å². The number of aliphatic carboxylic acids is 1. The Morgan fingerprint density at radius 2 is 2.31 bits per heavy atom. The first-order valence-electron chi connectivity index (χ1n) is 5.57. The molecule has 1 saturated carbocycles. The molecule has 2 rings (SSSR count). The second-order valence-corrected chi connectivity index (χ2v) is 5.18. The van der Waals surface area contributed by atoms with Crippen molar-refractivity contribution in [2.45, 2.75) is 43.7 Å². The van der Waals surface area contributed by atoms with Crippen LogP contribution in [0.25, 0.3) is 0 Å². The third-order valence-corrected chi connectivity index (χ3v) is 3.83. The number of thioether (sulfide) groups is 1. The van der Waals surface area contributed by atoms with Gasteiger partial charge in [-0.2, -0.15) is 5.10 Å². The summed E-state index contributed by atoms with van der Waals surface area (Å²) in [6, 6.07) is 2.45. The summed E-state index contributed by atoms with van der Waals surface area (Å²) in [5.41, 5.74) is 0.972. The molecule has 1 aliphatic rings. The number of rotatable bonds is 4. The van der Waals surface area contributed by atoms with E-state index in [1.165, 1.54) is 37.4 Å². The predicted molar refractivity (Wildman–Crippen MR) is 62.8 cm³/mol. The lowest BCUT2D eigenvalue weighted by atomic mass is 10.3. The van der Waals surface area contributed by atoms with Crippen molar-refractivity contribution in [2.24, 2.45) is 0 Å². The van der Waals surface area contributed by atoms with Crippen molar-refractivity contribution in [3.05, 3.63) is 11.8 Å². The summed E-state index contributed by atoms with van der Waals surface area (Å²) in [7, 11) is 0. The smallest absolute Gasteiger partial charge is 0.313 e. The third-order valence-electron chi connectivity index (χ3n) is 2.84. The van der Waals surface area contributed by atoms with E-state index in [-0.39, 0.29) is 5.75 Å². The highest BCUT2D eigenvalue weighted by Gasteiger charge is 2.21. The lowest BCUT2D eigenvalue weighted by molar-refractivity contribution is -0.133. The van der Waals surface area contributed by atoms with Crippen LogP contribution in [0.15, 0.2) is 11.1 Å². The topological polar surface area (TPSA) is 55.1 Å². The summed E-state index contributed by atoms with van der Waals surface area (Å²) < 4.78 is 2.02. The van der Waals surface area contributed by atoms with E-state index in [1.54, 1.807) is 0 Å². The molecule has 0 unspecified atom stereocenters. The minimum absolute atomic E-state index is 0.109. The highest BCUT2D eigenvalue weighted by molar-refractivity contribution is 7.99. The van der Waals surface area contributed by atoms with Crippen molar-refractivity contribution < 1.29 is 9.90 Å². The van der Waals surface area contributed by atoms with E-state index >= 15 is 0 Å². The van der Waals surface area contributed by atoms with Gasteiger partial charge in [-0.15, -0.1) is 0 Å². The Bertz CT molecular complexity index is 383. The van der Waals surface area contributed by atoms with Crippen molar-refractivity contribution in [1.82, 2.24) is 9.78 Å². The van der Waals surface area contributed by atoms with Crippen LogP contribution < -0.4 is 0 Å². The maximum absolute atomic E-state index is 10.6. The molecule has 1 aliphatic carbocycles. The summed E-state index contributed by atoms with van der Waals surface area (Å²) in [5, 5.41) is 14.2. The normalized spacial score (nSPS) is 16.8. The Labute approximate surface area is 99.0 Å². The fourth-order valence-corrected chi connectivity index (χ4v) is 2.99. The first kappa shape index (κ1) is 11.5. The number of carbonyl (C=O) groups is 1. The quantitative estimate of drug-likeness (QED) is 0.821. The van der Waals surface area contributed by atoms with Crippen LogP contribution in [-0.4, -0.2) is 26.6 Å². The van der Waals surface area contributed by atoms with Gasteiger partial charge in [0, 0.05) is 0 Å². The maximum atomic E-state index is 10.6. The molecule has 1 aromatic heterocycles. The molecule has 1 heterocycles. The Morgan fingerprint density at radius 3 is 2.94 bits per heavy atom. The van der Waals surface area contributed by atoms with Gasteiger partial charge >= 0.3 is 5.97 Å². The Hall–Kier alpha value is -0.970. The molecule has 1 N–H and O–H groups in total. The minimum Gasteiger partial charge on any atom is -0.481 e. The van der Waals surface area contributed by atoms with E-state index in [4.69, 9.17) is 5.11 Å². The van der Waals surface area contributed by atoms with Gasteiger partial charge in [0.1, 0.15) is 0 Å². The lowest BCUT2D eigenvalue weighted by Gasteiger charge is -2.12. The van der Waals surface area contributed by atoms with Gasteiger partial charge in [0.25, 0.3) is 0 Å². The summed E-state index contributed by atoms with van der Waals surface area (Å²) in [6.45, 7) is 1.95. The fourth-order valence-electron chi connectivity index (χ4n) is 2.15. The number of aryl methyl sites for hydroxylation is 1. The highest BCUT2D eigenvalue weighted by atomic mass is 32.2. The van der Waals surface area contributed by atoms with Gasteiger partial charge in [-0.3, -0.25) is 9.48 Å². The molecular formula is C11H16N2O2S. The van der Waals surface area contributed by atoms with Crippen LogP contribution >= 0.6 is 11.8 Å². The molecule has 0 saturated heterocycles. The number of hydrogen-bond acceptors (Lipinski definition) is 3. The van der Waals surface area contributed by atoms with E-state index in [2.05, 4.69) is 5.10 Å². The average Bonchev–Trinajstić information content (AvgIpc) is 2.82. The van der Waals surface area contributed by atoms with Gasteiger partial charge < -0.3 is 5.11 Å². The summed E-state index contributed by atoms with van der Waals surface area (Å²) >= 11 is 1.36. The largest absolute Gasteiger partial charge is 0.481 e. The standard InChI is InChI=1S/C11H16N2O2S/c1-8-6-10(16-7-11(14)15)13(12-8)9-4-2-3-5-9/h6,9H,2-5,7H2,1H3,(H,14,15). The fraction of sp³-hybridized carbons (Fsp3) is 0.636. The molecule has 88 valence electrons. The predicted octanol–water partition coefficient (Wildman–Crippen LogP) is 2.48. The zero-order valence-electron chi connectivity index (χ0n) is 9.35. The highest BCUT2D eigenvalue weighted by Crippen LogP contribution is 2.33. The SMILES string of the molecule is Cc1cc(SCC(=O)O)n(C2CCCC2)n1. The molecule has 0 bridgehead atoms. The molecule has 1 aromatic rings. The van der Waals surface area contributed by atoms with Crippen LogP contribution in [0.3, 0.4) is 0 Å². The number of carboxylic acids is 1. The zero-order chi connectivity index (χ0) is 11.5. The van der Waals surface area contributed by atoms with E-state index < -0.39 is 5.97 Å². The van der Waals surface area contributed by atoms with E-state index in [0.717, 1.165) is 10.7 Å². The molecule has 0 aliphatic heterocycles. The number of nitrogens with zero attached hydrogens (tertiary/aromatic N) is 2. The van der Waals surface area contributed by atoms with Crippen LogP contribution in [0, 0.1) is 6.92 Å². The number of aromatic nitrogens is 2. The van der Waals surface area contributed by atoms with Gasteiger partial charge in [-0.05, 0) is 25.8 Å². The first-order valence-corrected chi connectivity index (χ1v) is 6.56.